The molecule has 3 atom stereocenters. The molecule has 0 radical (unpaired) electrons. The largest absolute Gasteiger partial charge is 0.445 e. The summed E-state index contributed by atoms with van der Waals surface area (Å²) in [5.74, 6) is -1.68. The molecule has 162 valence electrons. The van der Waals surface area contributed by atoms with Gasteiger partial charge in [0.2, 0.25) is 17.7 Å². The van der Waals surface area contributed by atoms with E-state index in [4.69, 9.17) is 10.5 Å². The van der Waals surface area contributed by atoms with Crippen molar-refractivity contribution in [3.05, 3.63) is 35.9 Å². The summed E-state index contributed by atoms with van der Waals surface area (Å²) in [6.45, 7) is 0.0995. The quantitative estimate of drug-likeness (QED) is 0.560. The number of rotatable bonds is 6. The molecule has 0 spiro atoms. The SMILES string of the molecule is NC(=O)CNC(=O)[C@@H]1C[C@@H](O)CN1C(=O)[C@@H]1CCCN1C(=O)OCc1ccccc1. The van der Waals surface area contributed by atoms with Gasteiger partial charge in [-0.1, -0.05) is 30.3 Å². The summed E-state index contributed by atoms with van der Waals surface area (Å²) in [7, 11) is 0. The minimum absolute atomic E-state index is 0.0170. The molecule has 0 aromatic heterocycles. The highest BCUT2D eigenvalue weighted by Crippen LogP contribution is 2.26. The molecule has 30 heavy (non-hydrogen) atoms. The maximum absolute atomic E-state index is 13.1. The number of amides is 4. The van der Waals surface area contributed by atoms with Crippen LogP contribution in [-0.2, 0) is 25.7 Å². The number of carbonyl (C=O) groups excluding carboxylic acids is 4. The van der Waals surface area contributed by atoms with Gasteiger partial charge in [0.05, 0.1) is 12.6 Å². The summed E-state index contributed by atoms with van der Waals surface area (Å²) in [6.07, 6.45) is -0.322. The van der Waals surface area contributed by atoms with Gasteiger partial charge in [-0.3, -0.25) is 19.3 Å². The van der Waals surface area contributed by atoms with Gasteiger partial charge in [0.25, 0.3) is 0 Å². The van der Waals surface area contributed by atoms with Crippen molar-refractivity contribution in [3.8, 4) is 0 Å². The van der Waals surface area contributed by atoms with Crippen molar-refractivity contribution in [2.24, 2.45) is 5.73 Å². The van der Waals surface area contributed by atoms with Crippen LogP contribution in [0.2, 0.25) is 0 Å². The van der Waals surface area contributed by atoms with Crippen LogP contribution in [0, 0.1) is 0 Å². The van der Waals surface area contributed by atoms with Crippen molar-refractivity contribution in [1.29, 1.82) is 0 Å². The summed E-state index contributed by atoms with van der Waals surface area (Å²) in [4.78, 5) is 51.6. The van der Waals surface area contributed by atoms with Crippen molar-refractivity contribution in [2.45, 2.75) is 44.1 Å². The van der Waals surface area contributed by atoms with Crippen molar-refractivity contribution >= 4 is 23.8 Å². The van der Waals surface area contributed by atoms with Gasteiger partial charge in [0, 0.05) is 19.5 Å². The summed E-state index contributed by atoms with van der Waals surface area (Å²) < 4.78 is 5.35. The Kier molecular flexibility index (Phi) is 6.88. The normalized spacial score (nSPS) is 23.3. The Bertz CT molecular complexity index is 802. The minimum atomic E-state index is -0.922. The lowest BCUT2D eigenvalue weighted by Crippen LogP contribution is -2.53. The molecular weight excluding hydrogens is 392 g/mol. The van der Waals surface area contributed by atoms with Crippen LogP contribution < -0.4 is 11.1 Å². The van der Waals surface area contributed by atoms with Crippen LogP contribution in [0.1, 0.15) is 24.8 Å². The van der Waals surface area contributed by atoms with Crippen LogP contribution in [0.3, 0.4) is 0 Å². The number of likely N-dealkylation sites (tertiary alicyclic amines) is 2. The molecule has 10 nitrogen and oxygen atoms in total. The van der Waals surface area contributed by atoms with E-state index >= 15 is 0 Å². The predicted octanol–water partition coefficient (Wildman–Crippen LogP) is -0.649. The number of benzene rings is 1. The van der Waals surface area contributed by atoms with E-state index < -0.39 is 42.0 Å². The zero-order chi connectivity index (χ0) is 21.7. The molecule has 2 saturated heterocycles. The zero-order valence-corrected chi connectivity index (χ0v) is 16.5. The van der Waals surface area contributed by atoms with E-state index in [0.29, 0.717) is 19.4 Å². The number of nitrogens with zero attached hydrogens (tertiary/aromatic N) is 2. The number of β-amino-alcohol motifs (C(OH)–C–C–N with tert-alkyl or cyclic N) is 1. The first-order valence-corrected chi connectivity index (χ1v) is 9.88. The Morgan fingerprint density at radius 2 is 1.87 bits per heavy atom. The molecule has 1 aromatic carbocycles. The third-order valence-corrected chi connectivity index (χ3v) is 5.28. The number of hydrogen-bond acceptors (Lipinski definition) is 6. The Hall–Kier alpha value is -3.14. The molecule has 0 aliphatic carbocycles. The topological polar surface area (TPSA) is 142 Å². The second-order valence-electron chi connectivity index (χ2n) is 7.47. The number of nitrogens with one attached hydrogen (secondary N) is 1. The van der Waals surface area contributed by atoms with Crippen molar-refractivity contribution in [2.75, 3.05) is 19.6 Å². The average Bonchev–Trinajstić information content (AvgIpc) is 3.37. The first-order chi connectivity index (χ1) is 14.4. The number of aliphatic hydroxyl groups is 1. The van der Waals surface area contributed by atoms with Gasteiger partial charge in [0.15, 0.2) is 0 Å². The zero-order valence-electron chi connectivity index (χ0n) is 16.5. The van der Waals surface area contributed by atoms with Crippen molar-refractivity contribution in [3.63, 3.8) is 0 Å². The first-order valence-electron chi connectivity index (χ1n) is 9.88. The fourth-order valence-corrected chi connectivity index (χ4v) is 3.83. The summed E-state index contributed by atoms with van der Waals surface area (Å²) in [5.41, 5.74) is 5.88. The highest BCUT2D eigenvalue weighted by molar-refractivity contribution is 5.93. The summed E-state index contributed by atoms with van der Waals surface area (Å²) in [6, 6.07) is 7.53. The summed E-state index contributed by atoms with van der Waals surface area (Å²) in [5, 5.41) is 12.4. The third kappa shape index (κ3) is 5.07. The van der Waals surface area contributed by atoms with E-state index in [9.17, 15) is 24.3 Å². The molecule has 4 amide bonds. The molecule has 0 bridgehead atoms. The Morgan fingerprint density at radius 1 is 1.13 bits per heavy atom. The standard InChI is InChI=1S/C20H26N4O6/c21-17(26)10-22-18(27)16-9-14(25)11-24(16)19(28)15-7-4-8-23(15)20(29)30-12-13-5-2-1-3-6-13/h1-3,5-6,14-16,25H,4,7-12H2,(H2,21,26)(H,22,27)/t14-,15+,16+/m1/s1. The minimum Gasteiger partial charge on any atom is -0.445 e. The molecule has 2 fully saturated rings. The van der Waals surface area contributed by atoms with E-state index in [1.165, 1.54) is 9.80 Å². The molecule has 2 aliphatic rings. The molecule has 1 aromatic rings. The highest BCUT2D eigenvalue weighted by atomic mass is 16.6. The molecule has 2 aliphatic heterocycles. The predicted molar refractivity (Wildman–Crippen MR) is 105 cm³/mol. The smallest absolute Gasteiger partial charge is 0.410 e. The second kappa shape index (κ2) is 9.57. The van der Waals surface area contributed by atoms with E-state index in [2.05, 4.69) is 5.32 Å². The van der Waals surface area contributed by atoms with Crippen molar-refractivity contribution in [1.82, 2.24) is 15.1 Å². The molecule has 2 heterocycles. The molecule has 0 unspecified atom stereocenters. The van der Waals surface area contributed by atoms with Gasteiger partial charge in [-0.05, 0) is 18.4 Å². The van der Waals surface area contributed by atoms with E-state index in [1.54, 1.807) is 0 Å². The molecular formula is C20H26N4O6. The lowest BCUT2D eigenvalue weighted by molar-refractivity contribution is -0.141. The fourth-order valence-electron chi connectivity index (χ4n) is 3.83. The van der Waals surface area contributed by atoms with E-state index in [-0.39, 0.29) is 26.1 Å². The first kappa shape index (κ1) is 21.6. The van der Waals surface area contributed by atoms with Gasteiger partial charge in [-0.25, -0.2) is 4.79 Å². The molecule has 4 N–H and O–H groups in total. The van der Waals surface area contributed by atoms with Crippen LogP contribution in [0.25, 0.3) is 0 Å². The van der Waals surface area contributed by atoms with Crippen LogP contribution >= 0.6 is 0 Å². The van der Waals surface area contributed by atoms with Crippen LogP contribution in [-0.4, -0.2) is 76.5 Å². The summed E-state index contributed by atoms with van der Waals surface area (Å²) >= 11 is 0. The van der Waals surface area contributed by atoms with Crippen LogP contribution in [0.5, 0.6) is 0 Å². The van der Waals surface area contributed by atoms with Gasteiger partial charge >= 0.3 is 6.09 Å². The molecule has 3 rings (SSSR count). The van der Waals surface area contributed by atoms with Gasteiger partial charge in [-0.2, -0.15) is 0 Å². The third-order valence-electron chi connectivity index (χ3n) is 5.28. The number of nitrogens with two attached hydrogens (primary N) is 1. The number of carbonyl (C=O) groups is 4. The highest BCUT2D eigenvalue weighted by Gasteiger charge is 2.44. The molecule has 10 heteroatoms. The Labute approximate surface area is 173 Å². The molecule has 0 saturated carbocycles. The Balaban J connectivity index is 1.63. The average molecular weight is 418 g/mol. The van der Waals surface area contributed by atoms with E-state index in [1.807, 2.05) is 30.3 Å². The lowest BCUT2D eigenvalue weighted by atomic mass is 10.1. The maximum atomic E-state index is 13.1. The monoisotopic (exact) mass is 418 g/mol. The second-order valence-corrected chi connectivity index (χ2v) is 7.47. The van der Waals surface area contributed by atoms with Crippen LogP contribution in [0.15, 0.2) is 30.3 Å². The lowest BCUT2D eigenvalue weighted by Gasteiger charge is -2.30. The van der Waals surface area contributed by atoms with Crippen molar-refractivity contribution < 1.29 is 29.0 Å². The fraction of sp³-hybridized carbons (Fsp3) is 0.500. The van der Waals surface area contributed by atoms with Gasteiger partial charge < -0.3 is 25.8 Å². The Morgan fingerprint density at radius 3 is 2.57 bits per heavy atom. The number of ether oxygens (including phenoxy) is 1. The van der Waals surface area contributed by atoms with Gasteiger partial charge in [-0.15, -0.1) is 0 Å². The number of primary amides is 1. The maximum Gasteiger partial charge on any atom is 0.410 e. The van der Waals surface area contributed by atoms with Gasteiger partial charge in [0.1, 0.15) is 18.7 Å². The van der Waals surface area contributed by atoms with Crippen LogP contribution in [0.4, 0.5) is 4.79 Å². The number of hydrogen-bond donors (Lipinski definition) is 3. The van der Waals surface area contributed by atoms with E-state index in [0.717, 1.165) is 5.56 Å². The number of aliphatic hydroxyl groups excluding tert-OH is 1.